The molecule has 3 rings (SSSR count). The summed E-state index contributed by atoms with van der Waals surface area (Å²) in [5, 5.41) is 16.4. The van der Waals surface area contributed by atoms with Crippen molar-refractivity contribution >= 4 is 41.5 Å². The standard InChI is InChI=1S/C18H25ClFN3O2.HI/c1-21-17(22-10-18(5-7-24)6-8-25-11-18)23-15-9-12(15)16-13(19)3-2-4-14(16)20;/h2-4,12,15,24H,5-11H2,1H3,(H2,21,22,23);1H. The van der Waals surface area contributed by atoms with Gasteiger partial charge in [0.1, 0.15) is 5.82 Å². The van der Waals surface area contributed by atoms with Crippen LogP contribution in [0.25, 0.3) is 0 Å². The van der Waals surface area contributed by atoms with Gasteiger partial charge in [0.2, 0.25) is 0 Å². The first-order chi connectivity index (χ1) is 12.1. The van der Waals surface area contributed by atoms with E-state index in [-0.39, 0.29) is 53.8 Å². The van der Waals surface area contributed by atoms with Crippen LogP contribution in [0.3, 0.4) is 0 Å². The summed E-state index contributed by atoms with van der Waals surface area (Å²) in [5.74, 6) is 0.493. The van der Waals surface area contributed by atoms with E-state index in [1.165, 1.54) is 6.07 Å². The molecule has 1 saturated carbocycles. The number of nitrogens with zero attached hydrogens (tertiary/aromatic N) is 1. The van der Waals surface area contributed by atoms with Gasteiger partial charge in [-0.15, -0.1) is 24.0 Å². The maximum Gasteiger partial charge on any atom is 0.191 e. The van der Waals surface area contributed by atoms with Crippen LogP contribution in [-0.4, -0.2) is 50.5 Å². The zero-order chi connectivity index (χ0) is 17.9. The summed E-state index contributed by atoms with van der Waals surface area (Å²) in [5.41, 5.74) is 0.530. The number of hydrogen-bond acceptors (Lipinski definition) is 3. The van der Waals surface area contributed by atoms with Crippen molar-refractivity contribution in [3.05, 3.63) is 34.6 Å². The maximum atomic E-state index is 14.0. The normalized spacial score (nSPS) is 27.8. The van der Waals surface area contributed by atoms with E-state index in [9.17, 15) is 9.50 Å². The molecule has 0 spiro atoms. The Balaban J connectivity index is 0.00000243. The Morgan fingerprint density at radius 3 is 2.92 bits per heavy atom. The van der Waals surface area contributed by atoms with Crippen LogP contribution in [0, 0.1) is 11.2 Å². The lowest BCUT2D eigenvalue weighted by atomic mass is 9.84. The fourth-order valence-electron chi connectivity index (χ4n) is 3.49. The maximum absolute atomic E-state index is 14.0. The number of aliphatic imine (C=N–C) groups is 1. The van der Waals surface area contributed by atoms with E-state index >= 15 is 0 Å². The van der Waals surface area contributed by atoms with Gasteiger partial charge >= 0.3 is 0 Å². The number of hydrogen-bond donors (Lipinski definition) is 3. The average Bonchev–Trinajstić information content (AvgIpc) is 3.17. The van der Waals surface area contributed by atoms with Crippen LogP contribution in [0.4, 0.5) is 4.39 Å². The SMILES string of the molecule is CN=C(NCC1(CCO)CCOC1)NC1CC1c1c(F)cccc1Cl.I. The Labute approximate surface area is 175 Å². The summed E-state index contributed by atoms with van der Waals surface area (Å²) in [4.78, 5) is 4.26. The molecular weight excluding hydrogens is 472 g/mol. The molecule has 0 radical (unpaired) electrons. The lowest BCUT2D eigenvalue weighted by Crippen LogP contribution is -2.45. The van der Waals surface area contributed by atoms with Crippen LogP contribution in [0.1, 0.15) is 30.7 Å². The molecule has 2 aliphatic rings. The van der Waals surface area contributed by atoms with Crippen LogP contribution in [-0.2, 0) is 4.74 Å². The minimum Gasteiger partial charge on any atom is -0.396 e. The molecule has 1 heterocycles. The van der Waals surface area contributed by atoms with Crippen molar-refractivity contribution in [2.45, 2.75) is 31.2 Å². The Hall–Kier alpha value is -0.640. The van der Waals surface area contributed by atoms with Gasteiger partial charge in [-0.2, -0.15) is 0 Å². The molecule has 1 aliphatic heterocycles. The quantitative estimate of drug-likeness (QED) is 0.321. The highest BCUT2D eigenvalue weighted by atomic mass is 127. The molecular formula is C18H26ClFIN3O2. The van der Waals surface area contributed by atoms with Crippen LogP contribution in [0.5, 0.6) is 0 Å². The van der Waals surface area contributed by atoms with Crippen LogP contribution in [0.15, 0.2) is 23.2 Å². The second-order valence-electron chi connectivity index (χ2n) is 6.93. The summed E-state index contributed by atoms with van der Waals surface area (Å²) in [6.45, 7) is 2.21. The van der Waals surface area contributed by atoms with Gasteiger partial charge in [-0.05, 0) is 31.4 Å². The van der Waals surface area contributed by atoms with Gasteiger partial charge in [-0.1, -0.05) is 17.7 Å². The highest BCUT2D eigenvalue weighted by Gasteiger charge is 2.42. The van der Waals surface area contributed by atoms with Crippen molar-refractivity contribution in [3.8, 4) is 0 Å². The number of guanidine groups is 1. The monoisotopic (exact) mass is 497 g/mol. The van der Waals surface area contributed by atoms with Gasteiger partial charge in [0.25, 0.3) is 0 Å². The number of rotatable bonds is 6. The van der Waals surface area contributed by atoms with Crippen LogP contribution >= 0.6 is 35.6 Å². The minimum atomic E-state index is -0.255. The van der Waals surface area contributed by atoms with Gasteiger partial charge in [-0.25, -0.2) is 4.39 Å². The summed E-state index contributed by atoms with van der Waals surface area (Å²) in [6.07, 6.45) is 2.45. The second-order valence-corrected chi connectivity index (χ2v) is 7.34. The predicted molar refractivity (Wildman–Crippen MR) is 112 cm³/mol. The first-order valence-electron chi connectivity index (χ1n) is 8.68. The third-order valence-corrected chi connectivity index (χ3v) is 5.49. The van der Waals surface area contributed by atoms with E-state index in [0.29, 0.717) is 36.1 Å². The van der Waals surface area contributed by atoms with E-state index in [0.717, 1.165) is 19.4 Å². The first-order valence-corrected chi connectivity index (χ1v) is 9.06. The number of aliphatic hydroxyl groups is 1. The third-order valence-electron chi connectivity index (χ3n) is 5.16. The van der Waals surface area contributed by atoms with Crippen molar-refractivity contribution < 1.29 is 14.2 Å². The molecule has 0 aromatic heterocycles. The second kappa shape index (κ2) is 9.52. The Morgan fingerprint density at radius 1 is 1.50 bits per heavy atom. The van der Waals surface area contributed by atoms with Gasteiger partial charge < -0.3 is 20.5 Å². The molecule has 26 heavy (non-hydrogen) atoms. The van der Waals surface area contributed by atoms with Crippen molar-refractivity contribution in [1.82, 2.24) is 10.6 Å². The predicted octanol–water partition coefficient (Wildman–Crippen LogP) is 2.91. The largest absolute Gasteiger partial charge is 0.396 e. The van der Waals surface area contributed by atoms with Crippen LogP contribution < -0.4 is 10.6 Å². The molecule has 8 heteroatoms. The Bertz CT molecular complexity index is 621. The fourth-order valence-corrected chi connectivity index (χ4v) is 3.79. The fraction of sp³-hybridized carbons (Fsp3) is 0.611. The number of aliphatic hydroxyl groups excluding tert-OH is 1. The molecule has 1 aliphatic carbocycles. The topological polar surface area (TPSA) is 65.9 Å². The number of benzene rings is 1. The molecule has 2 fully saturated rings. The Kier molecular flexibility index (Phi) is 7.93. The first kappa shape index (κ1) is 21.7. The van der Waals surface area contributed by atoms with E-state index in [4.69, 9.17) is 16.3 Å². The molecule has 146 valence electrons. The van der Waals surface area contributed by atoms with Crippen molar-refractivity contribution in [2.24, 2.45) is 10.4 Å². The van der Waals surface area contributed by atoms with Gasteiger partial charge in [0.05, 0.1) is 6.61 Å². The molecule has 0 bridgehead atoms. The van der Waals surface area contributed by atoms with Gasteiger partial charge in [-0.3, -0.25) is 4.99 Å². The number of ether oxygens (including phenoxy) is 1. The van der Waals surface area contributed by atoms with E-state index in [1.54, 1.807) is 19.2 Å². The lowest BCUT2D eigenvalue weighted by Gasteiger charge is -2.27. The number of halogens is 3. The third kappa shape index (κ3) is 4.99. The van der Waals surface area contributed by atoms with E-state index in [2.05, 4.69) is 15.6 Å². The van der Waals surface area contributed by atoms with E-state index in [1.807, 2.05) is 0 Å². The summed E-state index contributed by atoms with van der Waals surface area (Å²) >= 11 is 6.15. The molecule has 1 aromatic rings. The zero-order valence-electron chi connectivity index (χ0n) is 14.8. The molecule has 1 saturated heterocycles. The molecule has 3 unspecified atom stereocenters. The van der Waals surface area contributed by atoms with Crippen LogP contribution in [0.2, 0.25) is 5.02 Å². The smallest absolute Gasteiger partial charge is 0.191 e. The minimum absolute atomic E-state index is 0. The Morgan fingerprint density at radius 2 is 2.31 bits per heavy atom. The molecule has 0 amide bonds. The molecule has 1 aromatic carbocycles. The van der Waals surface area contributed by atoms with Crippen molar-refractivity contribution in [3.63, 3.8) is 0 Å². The molecule has 5 nitrogen and oxygen atoms in total. The number of nitrogens with one attached hydrogen (secondary N) is 2. The van der Waals surface area contributed by atoms with Crippen molar-refractivity contribution in [1.29, 1.82) is 0 Å². The molecule has 3 N–H and O–H groups in total. The zero-order valence-corrected chi connectivity index (χ0v) is 17.9. The van der Waals surface area contributed by atoms with E-state index < -0.39 is 0 Å². The van der Waals surface area contributed by atoms with Gasteiger partial charge in [0, 0.05) is 54.8 Å². The highest BCUT2D eigenvalue weighted by molar-refractivity contribution is 14.0. The lowest BCUT2D eigenvalue weighted by molar-refractivity contribution is 0.127. The molecule has 3 atom stereocenters. The van der Waals surface area contributed by atoms with Crippen molar-refractivity contribution in [2.75, 3.05) is 33.4 Å². The summed E-state index contributed by atoms with van der Waals surface area (Å²) in [6, 6.07) is 4.91. The summed E-state index contributed by atoms with van der Waals surface area (Å²) < 4.78 is 19.5. The average molecular weight is 498 g/mol. The summed E-state index contributed by atoms with van der Waals surface area (Å²) in [7, 11) is 1.71. The van der Waals surface area contributed by atoms with Gasteiger partial charge in [0.15, 0.2) is 5.96 Å². The highest BCUT2D eigenvalue weighted by Crippen LogP contribution is 2.44.